The van der Waals surface area contributed by atoms with Gasteiger partial charge in [-0.15, -0.1) is 0 Å². The Bertz CT molecular complexity index is 1210. The summed E-state index contributed by atoms with van der Waals surface area (Å²) in [5.74, 6) is -1.45. The van der Waals surface area contributed by atoms with Crippen LogP contribution in [0.2, 0.25) is 0 Å². The van der Waals surface area contributed by atoms with E-state index >= 15 is 0 Å². The molecular weight excluding hydrogens is 465 g/mol. The molecule has 0 aliphatic rings. The van der Waals surface area contributed by atoms with Gasteiger partial charge in [-0.3, -0.25) is 4.31 Å². The number of nitrogens with zero attached hydrogens (tertiary/aromatic N) is 1. The van der Waals surface area contributed by atoms with Crippen LogP contribution >= 0.6 is 0 Å². The number of halogens is 1. The van der Waals surface area contributed by atoms with Crippen LogP contribution in [-0.2, 0) is 22.9 Å². The Morgan fingerprint density at radius 1 is 0.857 bits per heavy atom. The van der Waals surface area contributed by atoms with E-state index in [-0.39, 0.29) is 10.5 Å². The fourth-order valence-electron chi connectivity index (χ4n) is 4.02. The van der Waals surface area contributed by atoms with Gasteiger partial charge in [-0.2, -0.15) is 0 Å². The number of carbonyl (C=O) groups is 1. The second kappa shape index (κ2) is 12.5. The van der Waals surface area contributed by atoms with Crippen LogP contribution in [0.3, 0.4) is 0 Å². The van der Waals surface area contributed by atoms with Crippen molar-refractivity contribution in [3.63, 3.8) is 0 Å². The lowest BCUT2D eigenvalue weighted by Crippen LogP contribution is -2.33. The highest BCUT2D eigenvalue weighted by atomic mass is 32.2. The molecule has 0 aliphatic carbocycles. The number of hydrogen-bond donors (Lipinski definition) is 1. The van der Waals surface area contributed by atoms with E-state index in [9.17, 15) is 17.6 Å². The van der Waals surface area contributed by atoms with Crippen molar-refractivity contribution >= 4 is 21.7 Å². The normalized spacial score (nSPS) is 11.4. The van der Waals surface area contributed by atoms with E-state index in [0.29, 0.717) is 25.1 Å². The number of aryl methyl sites for hydroxylation is 2. The summed E-state index contributed by atoms with van der Waals surface area (Å²) in [5, 5.41) is 9.10. The molecule has 7 heteroatoms. The molecule has 3 aromatic carbocycles. The zero-order valence-corrected chi connectivity index (χ0v) is 20.8. The Morgan fingerprint density at radius 3 is 2.17 bits per heavy atom. The molecule has 35 heavy (non-hydrogen) atoms. The van der Waals surface area contributed by atoms with Gasteiger partial charge in [0.05, 0.1) is 16.1 Å². The average Bonchev–Trinajstić information content (AvgIpc) is 2.85. The first-order valence-corrected chi connectivity index (χ1v) is 13.5. The maximum absolute atomic E-state index is 13.6. The lowest BCUT2D eigenvalue weighted by molar-refractivity contribution is 0.0697. The van der Waals surface area contributed by atoms with Crippen molar-refractivity contribution in [3.05, 3.63) is 95.3 Å². The topological polar surface area (TPSA) is 74.7 Å². The largest absolute Gasteiger partial charge is 0.478 e. The van der Waals surface area contributed by atoms with Crippen molar-refractivity contribution < 1.29 is 22.7 Å². The van der Waals surface area contributed by atoms with Crippen molar-refractivity contribution in [1.82, 2.24) is 0 Å². The van der Waals surface area contributed by atoms with Crippen molar-refractivity contribution in [1.29, 1.82) is 0 Å². The third kappa shape index (κ3) is 7.15. The minimum atomic E-state index is -3.88. The minimum absolute atomic E-state index is 0.0616. The number of rotatable bonds is 13. The van der Waals surface area contributed by atoms with Gasteiger partial charge in [-0.1, -0.05) is 62.9 Å². The van der Waals surface area contributed by atoms with Gasteiger partial charge >= 0.3 is 5.97 Å². The molecule has 0 atom stereocenters. The van der Waals surface area contributed by atoms with E-state index in [2.05, 4.69) is 6.92 Å². The van der Waals surface area contributed by atoms with Crippen LogP contribution in [0.1, 0.15) is 60.5 Å². The smallest absolute Gasteiger partial charge is 0.335 e. The van der Waals surface area contributed by atoms with E-state index in [1.807, 2.05) is 24.3 Å². The molecule has 0 aromatic heterocycles. The number of para-hydroxylation sites is 1. The molecule has 0 heterocycles. The fourth-order valence-corrected chi connectivity index (χ4v) is 5.56. The Kier molecular flexibility index (Phi) is 9.43. The predicted molar refractivity (Wildman–Crippen MR) is 137 cm³/mol. The summed E-state index contributed by atoms with van der Waals surface area (Å²) in [6.07, 6.45) is 6.16. The van der Waals surface area contributed by atoms with Crippen molar-refractivity contribution in [2.45, 2.75) is 56.8 Å². The molecule has 0 unspecified atom stereocenters. The summed E-state index contributed by atoms with van der Waals surface area (Å²) < 4.78 is 42.2. The molecule has 0 saturated carbocycles. The summed E-state index contributed by atoms with van der Waals surface area (Å²) in [5.41, 5.74) is 2.70. The van der Waals surface area contributed by atoms with Gasteiger partial charge in [-0.25, -0.2) is 17.6 Å². The summed E-state index contributed by atoms with van der Waals surface area (Å²) in [6, 6.07) is 19.1. The van der Waals surface area contributed by atoms with E-state index in [1.165, 1.54) is 28.6 Å². The highest BCUT2D eigenvalue weighted by Crippen LogP contribution is 2.29. The predicted octanol–water partition coefficient (Wildman–Crippen LogP) is 6.47. The molecule has 0 amide bonds. The van der Waals surface area contributed by atoms with E-state index in [1.54, 1.807) is 24.3 Å². The van der Waals surface area contributed by atoms with Gasteiger partial charge < -0.3 is 5.11 Å². The SMILES string of the molecule is CCCCCCCN(c1ccccc1CCc1ccc(C(=O)O)cc1)S(=O)(=O)c1ccc(F)cc1. The maximum Gasteiger partial charge on any atom is 0.335 e. The molecule has 0 radical (unpaired) electrons. The first-order chi connectivity index (χ1) is 16.8. The quantitative estimate of drug-likeness (QED) is 0.275. The lowest BCUT2D eigenvalue weighted by atomic mass is 10.0. The van der Waals surface area contributed by atoms with Crippen molar-refractivity contribution in [2.75, 3.05) is 10.8 Å². The maximum atomic E-state index is 13.6. The van der Waals surface area contributed by atoms with Crippen LogP contribution in [0.4, 0.5) is 10.1 Å². The van der Waals surface area contributed by atoms with Crippen LogP contribution < -0.4 is 4.31 Å². The molecule has 3 rings (SSSR count). The third-order valence-electron chi connectivity index (χ3n) is 6.01. The van der Waals surface area contributed by atoms with Gasteiger partial charge in [0.2, 0.25) is 0 Å². The number of benzene rings is 3. The highest BCUT2D eigenvalue weighted by Gasteiger charge is 2.26. The van der Waals surface area contributed by atoms with Gasteiger partial charge in [0.25, 0.3) is 10.0 Å². The molecule has 0 saturated heterocycles. The standard InChI is InChI=1S/C28H32FNO4S/c1-2-3-4-5-8-21-30(35(33,34)26-19-17-25(29)18-20-26)27-10-7-6-9-23(27)14-11-22-12-15-24(16-13-22)28(31)32/h6-7,9-10,12-13,15-20H,2-5,8,11,14,21H2,1H3,(H,31,32). The van der Waals surface area contributed by atoms with Gasteiger partial charge in [0.15, 0.2) is 0 Å². The van der Waals surface area contributed by atoms with Crippen LogP contribution in [-0.4, -0.2) is 26.0 Å². The van der Waals surface area contributed by atoms with Gasteiger partial charge in [-0.05, 0) is 72.9 Å². The summed E-state index contributed by atoms with van der Waals surface area (Å²) >= 11 is 0. The second-order valence-corrected chi connectivity index (χ2v) is 10.4. The van der Waals surface area contributed by atoms with Crippen LogP contribution in [0.25, 0.3) is 0 Å². The van der Waals surface area contributed by atoms with Crippen molar-refractivity contribution in [2.24, 2.45) is 0 Å². The average molecular weight is 498 g/mol. The number of carboxylic acids is 1. The van der Waals surface area contributed by atoms with Gasteiger partial charge in [0, 0.05) is 6.54 Å². The monoisotopic (exact) mass is 497 g/mol. The molecule has 0 spiro atoms. The number of hydrogen-bond acceptors (Lipinski definition) is 3. The lowest BCUT2D eigenvalue weighted by Gasteiger charge is -2.27. The Balaban J connectivity index is 1.87. The number of sulfonamides is 1. The Labute approximate surface area is 207 Å². The number of aromatic carboxylic acids is 1. The van der Waals surface area contributed by atoms with E-state index < -0.39 is 21.8 Å². The summed E-state index contributed by atoms with van der Waals surface area (Å²) in [6.45, 7) is 2.48. The second-order valence-electron chi connectivity index (χ2n) is 8.58. The number of carboxylic acid groups (broad SMARTS) is 1. The van der Waals surface area contributed by atoms with Gasteiger partial charge in [0.1, 0.15) is 5.82 Å². The summed E-state index contributed by atoms with van der Waals surface area (Å²) in [7, 11) is -3.88. The van der Waals surface area contributed by atoms with Crippen LogP contribution in [0.15, 0.2) is 77.7 Å². The van der Waals surface area contributed by atoms with E-state index in [0.717, 1.165) is 43.2 Å². The first-order valence-electron chi connectivity index (χ1n) is 12.0. The van der Waals surface area contributed by atoms with E-state index in [4.69, 9.17) is 5.11 Å². The third-order valence-corrected chi connectivity index (χ3v) is 7.84. The highest BCUT2D eigenvalue weighted by molar-refractivity contribution is 7.92. The molecule has 186 valence electrons. The summed E-state index contributed by atoms with van der Waals surface area (Å²) in [4.78, 5) is 11.2. The Morgan fingerprint density at radius 2 is 1.51 bits per heavy atom. The number of unbranched alkanes of at least 4 members (excludes halogenated alkanes) is 4. The molecule has 0 bridgehead atoms. The molecule has 3 aromatic rings. The molecule has 5 nitrogen and oxygen atoms in total. The minimum Gasteiger partial charge on any atom is -0.478 e. The molecule has 1 N–H and O–H groups in total. The molecule has 0 aliphatic heterocycles. The van der Waals surface area contributed by atoms with Crippen LogP contribution in [0.5, 0.6) is 0 Å². The van der Waals surface area contributed by atoms with Crippen molar-refractivity contribution in [3.8, 4) is 0 Å². The molecular formula is C28H32FNO4S. The first kappa shape index (κ1) is 26.4. The zero-order chi connectivity index (χ0) is 25.3. The Hall–Kier alpha value is -3.19. The molecule has 0 fully saturated rings. The zero-order valence-electron chi connectivity index (χ0n) is 20.0. The van der Waals surface area contributed by atoms with Crippen LogP contribution in [0, 0.1) is 5.82 Å². The fraction of sp³-hybridized carbons (Fsp3) is 0.321. The number of anilines is 1.